The highest BCUT2D eigenvalue weighted by atomic mass is 16.6. The Kier molecular flexibility index (Phi) is 8.26. The third kappa shape index (κ3) is 9.29. The van der Waals surface area contributed by atoms with Crippen LogP contribution in [0.4, 0.5) is 21.0 Å². The molecule has 1 heterocycles. The molecule has 1 unspecified atom stereocenters. The van der Waals surface area contributed by atoms with Crippen LogP contribution in [0.2, 0.25) is 0 Å². The third-order valence-electron chi connectivity index (χ3n) is 3.96. The Hall–Kier alpha value is -2.81. The van der Waals surface area contributed by atoms with Crippen molar-refractivity contribution < 1.29 is 23.9 Å². The van der Waals surface area contributed by atoms with Crippen molar-refractivity contribution in [3.63, 3.8) is 0 Å². The maximum Gasteiger partial charge on any atom is 0.407 e. The number of alkyl carbamates (subject to hydrolysis) is 1. The van der Waals surface area contributed by atoms with Crippen molar-refractivity contribution in [2.24, 2.45) is 0 Å². The van der Waals surface area contributed by atoms with Gasteiger partial charge in [0.15, 0.2) is 0 Å². The van der Waals surface area contributed by atoms with Crippen LogP contribution in [0.25, 0.3) is 0 Å². The summed E-state index contributed by atoms with van der Waals surface area (Å²) >= 11 is 0. The average molecular weight is 406 g/mol. The zero-order valence-corrected chi connectivity index (χ0v) is 17.2. The first-order valence-electron chi connectivity index (χ1n) is 9.74. The molecule has 1 aromatic rings. The van der Waals surface area contributed by atoms with Crippen molar-refractivity contribution in [1.82, 2.24) is 10.6 Å². The average Bonchev–Trinajstić information content (AvgIpc) is 3.14. The first kappa shape index (κ1) is 22.5. The van der Waals surface area contributed by atoms with Gasteiger partial charge in [-0.25, -0.2) is 9.59 Å². The predicted molar refractivity (Wildman–Crippen MR) is 110 cm³/mol. The Morgan fingerprint density at radius 3 is 2.31 bits per heavy atom. The molecule has 160 valence electrons. The van der Waals surface area contributed by atoms with Crippen LogP contribution < -0.4 is 21.3 Å². The SMILES string of the molecule is CC(C)(C)OC(=O)NCCC(=O)Nc1ccc(NC(=O)NCC2CCCO2)cc1. The molecule has 9 nitrogen and oxygen atoms in total. The van der Waals surface area contributed by atoms with Crippen LogP contribution in [0.15, 0.2) is 24.3 Å². The van der Waals surface area contributed by atoms with Gasteiger partial charge >= 0.3 is 12.1 Å². The Morgan fingerprint density at radius 1 is 1.07 bits per heavy atom. The number of rotatable bonds is 7. The molecule has 9 heteroatoms. The zero-order chi connectivity index (χ0) is 21.3. The van der Waals surface area contributed by atoms with Crippen LogP contribution in [0.3, 0.4) is 0 Å². The molecule has 4 amide bonds. The first-order chi connectivity index (χ1) is 13.7. The number of ether oxygens (including phenoxy) is 2. The standard InChI is InChI=1S/C20H30N4O5/c1-20(2,3)29-19(27)21-11-10-17(25)23-14-6-8-15(9-7-14)24-18(26)22-13-16-5-4-12-28-16/h6-9,16H,4-5,10-13H2,1-3H3,(H,21,27)(H,23,25)(H2,22,24,26). The highest BCUT2D eigenvalue weighted by Crippen LogP contribution is 2.14. The summed E-state index contributed by atoms with van der Waals surface area (Å²) in [5, 5.41) is 10.8. The van der Waals surface area contributed by atoms with Crippen molar-refractivity contribution in [3.8, 4) is 0 Å². The summed E-state index contributed by atoms with van der Waals surface area (Å²) in [5.41, 5.74) is 0.626. The lowest BCUT2D eigenvalue weighted by atomic mass is 10.2. The number of amides is 4. The monoisotopic (exact) mass is 406 g/mol. The Bertz CT molecular complexity index is 694. The Morgan fingerprint density at radius 2 is 1.72 bits per heavy atom. The lowest BCUT2D eigenvalue weighted by molar-refractivity contribution is -0.116. The van der Waals surface area contributed by atoms with Gasteiger partial charge in [-0.05, 0) is 57.9 Å². The fourth-order valence-corrected chi connectivity index (χ4v) is 2.64. The van der Waals surface area contributed by atoms with Gasteiger partial charge in [-0.2, -0.15) is 0 Å². The fourth-order valence-electron chi connectivity index (χ4n) is 2.64. The van der Waals surface area contributed by atoms with Crippen molar-refractivity contribution in [2.75, 3.05) is 30.3 Å². The number of benzene rings is 1. The predicted octanol–water partition coefficient (Wildman–Crippen LogP) is 2.84. The smallest absolute Gasteiger partial charge is 0.407 e. The van der Waals surface area contributed by atoms with Gasteiger partial charge in [0.25, 0.3) is 0 Å². The molecule has 1 aromatic carbocycles. The van der Waals surface area contributed by atoms with Gasteiger partial charge in [0.2, 0.25) is 5.91 Å². The fraction of sp³-hybridized carbons (Fsp3) is 0.550. The molecule has 0 aliphatic carbocycles. The lowest BCUT2D eigenvalue weighted by Crippen LogP contribution is -2.35. The maximum absolute atomic E-state index is 12.0. The van der Waals surface area contributed by atoms with Gasteiger partial charge in [0.1, 0.15) is 5.60 Å². The van der Waals surface area contributed by atoms with E-state index in [-0.39, 0.29) is 31.0 Å². The minimum Gasteiger partial charge on any atom is -0.444 e. The topological polar surface area (TPSA) is 118 Å². The Labute approximate surface area is 170 Å². The number of anilines is 2. The van der Waals surface area contributed by atoms with E-state index >= 15 is 0 Å². The quantitative estimate of drug-likeness (QED) is 0.555. The number of carbonyl (C=O) groups excluding carboxylic acids is 3. The van der Waals surface area contributed by atoms with E-state index in [0.29, 0.717) is 17.9 Å². The maximum atomic E-state index is 12.0. The van der Waals surface area contributed by atoms with Gasteiger partial charge in [0.05, 0.1) is 6.10 Å². The lowest BCUT2D eigenvalue weighted by Gasteiger charge is -2.19. The molecule has 29 heavy (non-hydrogen) atoms. The molecule has 0 radical (unpaired) electrons. The molecule has 1 atom stereocenters. The molecule has 2 rings (SSSR count). The van der Waals surface area contributed by atoms with Gasteiger partial charge in [-0.3, -0.25) is 4.79 Å². The molecule has 0 bridgehead atoms. The zero-order valence-electron chi connectivity index (χ0n) is 17.2. The summed E-state index contributed by atoms with van der Waals surface area (Å²) in [6.45, 7) is 6.71. The van der Waals surface area contributed by atoms with Gasteiger partial charge in [0, 0.05) is 37.5 Å². The molecular formula is C20H30N4O5. The largest absolute Gasteiger partial charge is 0.444 e. The summed E-state index contributed by atoms with van der Waals surface area (Å²) in [6, 6.07) is 6.47. The van der Waals surface area contributed by atoms with E-state index in [9.17, 15) is 14.4 Å². The van der Waals surface area contributed by atoms with Crippen LogP contribution in [0, 0.1) is 0 Å². The van der Waals surface area contributed by atoms with Crippen molar-refractivity contribution in [3.05, 3.63) is 24.3 Å². The first-order valence-corrected chi connectivity index (χ1v) is 9.74. The molecule has 0 spiro atoms. The molecule has 1 aliphatic heterocycles. The highest BCUT2D eigenvalue weighted by Gasteiger charge is 2.17. The van der Waals surface area contributed by atoms with Gasteiger partial charge < -0.3 is 30.7 Å². The number of hydrogen-bond donors (Lipinski definition) is 4. The third-order valence-corrected chi connectivity index (χ3v) is 3.96. The summed E-state index contributed by atoms with van der Waals surface area (Å²) in [5.74, 6) is -0.240. The molecule has 4 N–H and O–H groups in total. The highest BCUT2D eigenvalue weighted by molar-refractivity contribution is 5.92. The summed E-state index contributed by atoms with van der Waals surface area (Å²) in [7, 11) is 0. The second kappa shape index (κ2) is 10.7. The van der Waals surface area contributed by atoms with E-state index in [4.69, 9.17) is 9.47 Å². The van der Waals surface area contributed by atoms with E-state index in [2.05, 4.69) is 21.3 Å². The van der Waals surface area contributed by atoms with Crippen LogP contribution in [-0.2, 0) is 14.3 Å². The van der Waals surface area contributed by atoms with E-state index < -0.39 is 11.7 Å². The van der Waals surface area contributed by atoms with Crippen molar-refractivity contribution in [1.29, 1.82) is 0 Å². The van der Waals surface area contributed by atoms with Crippen LogP contribution in [-0.4, -0.2) is 49.4 Å². The molecule has 1 fully saturated rings. The van der Waals surface area contributed by atoms with Crippen molar-refractivity contribution in [2.45, 2.75) is 51.7 Å². The molecule has 1 aliphatic rings. The van der Waals surface area contributed by atoms with E-state index in [1.54, 1.807) is 45.0 Å². The van der Waals surface area contributed by atoms with Crippen LogP contribution in [0.5, 0.6) is 0 Å². The number of hydrogen-bond acceptors (Lipinski definition) is 5. The summed E-state index contributed by atoms with van der Waals surface area (Å²) in [6.07, 6.45) is 1.63. The minimum atomic E-state index is -0.580. The molecular weight excluding hydrogens is 376 g/mol. The number of nitrogens with one attached hydrogen (secondary N) is 4. The van der Waals surface area contributed by atoms with Crippen molar-refractivity contribution >= 4 is 29.4 Å². The van der Waals surface area contributed by atoms with Crippen LogP contribution in [0.1, 0.15) is 40.0 Å². The number of urea groups is 1. The second-order valence-electron chi connectivity index (χ2n) is 7.77. The van der Waals surface area contributed by atoms with E-state index in [0.717, 1.165) is 19.4 Å². The number of carbonyl (C=O) groups is 3. The van der Waals surface area contributed by atoms with Gasteiger partial charge in [-0.1, -0.05) is 0 Å². The normalized spacial score (nSPS) is 16.0. The van der Waals surface area contributed by atoms with Gasteiger partial charge in [-0.15, -0.1) is 0 Å². The molecule has 0 saturated carbocycles. The second-order valence-corrected chi connectivity index (χ2v) is 7.77. The molecule has 1 saturated heterocycles. The van der Waals surface area contributed by atoms with Crippen LogP contribution >= 0.6 is 0 Å². The summed E-state index contributed by atoms with van der Waals surface area (Å²) in [4.78, 5) is 35.4. The Balaban J connectivity index is 1.66. The molecule has 0 aromatic heterocycles. The van der Waals surface area contributed by atoms with E-state index in [1.807, 2.05) is 0 Å². The van der Waals surface area contributed by atoms with E-state index in [1.165, 1.54) is 0 Å². The minimum absolute atomic E-state index is 0.0862. The summed E-state index contributed by atoms with van der Waals surface area (Å²) < 4.78 is 10.6.